The van der Waals surface area contributed by atoms with Gasteiger partial charge in [0.2, 0.25) is 0 Å². The van der Waals surface area contributed by atoms with Crippen molar-refractivity contribution in [3.8, 4) is 0 Å². The van der Waals surface area contributed by atoms with Gasteiger partial charge in [0.25, 0.3) is 0 Å². The summed E-state index contributed by atoms with van der Waals surface area (Å²) in [5.41, 5.74) is 2.06. The topological polar surface area (TPSA) is 58.2 Å². The van der Waals surface area contributed by atoms with Crippen molar-refractivity contribution >= 4 is 32.5 Å². The molecule has 0 unspecified atom stereocenters. The SMILES string of the molecule is CC(=O)N[C@H](CC[Se]Cc1ccccc1)C(=O)Nc1ccccc1. The quantitative estimate of drug-likeness (QED) is 0.539. The van der Waals surface area contributed by atoms with Crippen LogP contribution in [0.1, 0.15) is 18.9 Å². The standard InChI is InChI=1S/C19H22N2O2Se/c1-15(22)20-18(19(23)21-17-10-6-3-7-11-17)12-13-24-14-16-8-4-2-5-9-16/h2-11,18H,12-14H2,1H3,(H,20,22)(H,21,23)/t18-/m1/s1. The van der Waals surface area contributed by atoms with Crippen LogP contribution in [0.25, 0.3) is 0 Å². The molecule has 2 N–H and O–H groups in total. The predicted octanol–water partition coefficient (Wildman–Crippen LogP) is 2.84. The van der Waals surface area contributed by atoms with Crippen LogP contribution in [0.15, 0.2) is 60.7 Å². The van der Waals surface area contributed by atoms with Crippen LogP contribution in [0.3, 0.4) is 0 Å². The van der Waals surface area contributed by atoms with E-state index in [1.54, 1.807) is 0 Å². The van der Waals surface area contributed by atoms with Gasteiger partial charge in [0.15, 0.2) is 0 Å². The minimum atomic E-state index is -0.486. The third-order valence-corrected chi connectivity index (χ3v) is 5.63. The minimum absolute atomic E-state index is 0.160. The Morgan fingerprint density at radius 3 is 2.25 bits per heavy atom. The maximum atomic E-state index is 12.4. The van der Waals surface area contributed by atoms with Crippen LogP contribution in [0.2, 0.25) is 5.32 Å². The van der Waals surface area contributed by atoms with E-state index in [9.17, 15) is 9.59 Å². The van der Waals surface area contributed by atoms with Crippen LogP contribution in [0.4, 0.5) is 5.69 Å². The summed E-state index contributed by atoms with van der Waals surface area (Å²) in [6.45, 7) is 1.44. The number of carbonyl (C=O) groups is 2. The molecule has 2 rings (SSSR count). The normalized spacial score (nSPS) is 11.5. The summed E-state index contributed by atoms with van der Waals surface area (Å²) in [7, 11) is 0. The molecule has 0 spiro atoms. The Balaban J connectivity index is 1.83. The van der Waals surface area contributed by atoms with Crippen molar-refractivity contribution in [2.45, 2.75) is 30.0 Å². The zero-order valence-corrected chi connectivity index (χ0v) is 15.4. The van der Waals surface area contributed by atoms with E-state index in [-0.39, 0.29) is 11.8 Å². The Kier molecular flexibility index (Phi) is 7.53. The second-order valence-electron chi connectivity index (χ2n) is 5.44. The van der Waals surface area contributed by atoms with Gasteiger partial charge in [0, 0.05) is 0 Å². The number of para-hydroxylation sites is 1. The molecular weight excluding hydrogens is 367 g/mol. The van der Waals surface area contributed by atoms with Crippen molar-refractivity contribution in [3.63, 3.8) is 0 Å². The summed E-state index contributed by atoms with van der Waals surface area (Å²) in [6.07, 6.45) is 0.658. The van der Waals surface area contributed by atoms with Crippen LogP contribution in [0.5, 0.6) is 0 Å². The third kappa shape index (κ3) is 6.57. The Bertz CT molecular complexity index is 647. The molecule has 2 amide bonds. The summed E-state index contributed by atoms with van der Waals surface area (Å²) >= 11 is 0.408. The van der Waals surface area contributed by atoms with Crippen LogP contribution in [-0.2, 0) is 14.9 Å². The average molecular weight is 389 g/mol. The van der Waals surface area contributed by atoms with Gasteiger partial charge in [0.1, 0.15) is 0 Å². The van der Waals surface area contributed by atoms with E-state index >= 15 is 0 Å². The summed E-state index contributed by atoms with van der Waals surface area (Å²) < 4.78 is 0. The second-order valence-corrected chi connectivity index (χ2v) is 7.75. The van der Waals surface area contributed by atoms with E-state index in [4.69, 9.17) is 0 Å². The molecule has 0 radical (unpaired) electrons. The first-order valence-electron chi connectivity index (χ1n) is 7.90. The molecule has 0 heterocycles. The van der Waals surface area contributed by atoms with Gasteiger partial charge in [-0.2, -0.15) is 0 Å². The summed E-state index contributed by atoms with van der Waals surface area (Å²) in [5.74, 6) is -0.342. The first-order chi connectivity index (χ1) is 11.6. The first kappa shape index (κ1) is 18.2. The molecule has 4 nitrogen and oxygen atoms in total. The molecule has 0 bridgehead atoms. The maximum absolute atomic E-state index is 12.4. The van der Waals surface area contributed by atoms with Crippen molar-refractivity contribution in [2.75, 3.05) is 5.32 Å². The van der Waals surface area contributed by atoms with Gasteiger partial charge in [-0.3, -0.25) is 0 Å². The average Bonchev–Trinajstić information content (AvgIpc) is 2.59. The number of hydrogen-bond donors (Lipinski definition) is 2. The molecule has 2 aromatic rings. The fraction of sp³-hybridized carbons (Fsp3) is 0.263. The Hall–Kier alpha value is -2.10. The van der Waals surface area contributed by atoms with E-state index in [1.807, 2.05) is 48.5 Å². The van der Waals surface area contributed by atoms with Crippen molar-refractivity contribution < 1.29 is 9.59 Å². The monoisotopic (exact) mass is 390 g/mol. The fourth-order valence-corrected chi connectivity index (χ4v) is 4.28. The molecular formula is C19H22N2O2Se. The van der Waals surface area contributed by atoms with E-state index in [0.717, 1.165) is 16.3 Å². The Morgan fingerprint density at radius 1 is 1.00 bits per heavy atom. The molecule has 0 aliphatic heterocycles. The molecule has 0 aliphatic carbocycles. The Morgan fingerprint density at radius 2 is 1.62 bits per heavy atom. The fourth-order valence-electron chi connectivity index (χ4n) is 2.23. The second kappa shape index (κ2) is 9.91. The summed E-state index contributed by atoms with van der Waals surface area (Å²) in [4.78, 5) is 23.8. The van der Waals surface area contributed by atoms with Gasteiger partial charge < -0.3 is 0 Å². The molecule has 0 saturated carbocycles. The van der Waals surface area contributed by atoms with Gasteiger partial charge in [-0.25, -0.2) is 0 Å². The van der Waals surface area contributed by atoms with Crippen molar-refractivity contribution in [1.29, 1.82) is 0 Å². The van der Waals surface area contributed by atoms with Crippen LogP contribution < -0.4 is 10.6 Å². The van der Waals surface area contributed by atoms with Crippen molar-refractivity contribution in [2.24, 2.45) is 0 Å². The van der Waals surface area contributed by atoms with Gasteiger partial charge in [-0.1, -0.05) is 0 Å². The number of amides is 2. The number of rotatable bonds is 8. The Labute approximate surface area is 149 Å². The molecule has 0 aliphatic rings. The molecule has 5 heteroatoms. The number of anilines is 1. The van der Waals surface area contributed by atoms with Gasteiger partial charge in [0.05, 0.1) is 0 Å². The van der Waals surface area contributed by atoms with Crippen LogP contribution in [0, 0.1) is 0 Å². The predicted molar refractivity (Wildman–Crippen MR) is 98.0 cm³/mol. The number of nitrogens with one attached hydrogen (secondary N) is 2. The van der Waals surface area contributed by atoms with E-state index in [1.165, 1.54) is 12.5 Å². The molecule has 0 fully saturated rings. The van der Waals surface area contributed by atoms with Crippen molar-refractivity contribution in [3.05, 3.63) is 66.2 Å². The first-order valence-corrected chi connectivity index (χ1v) is 10.3. The molecule has 0 saturated heterocycles. The summed E-state index contributed by atoms with van der Waals surface area (Å²) in [6, 6.07) is 19.1. The molecule has 126 valence electrons. The van der Waals surface area contributed by atoms with Crippen LogP contribution in [-0.4, -0.2) is 32.8 Å². The van der Waals surface area contributed by atoms with E-state index in [0.29, 0.717) is 21.4 Å². The van der Waals surface area contributed by atoms with E-state index < -0.39 is 6.04 Å². The van der Waals surface area contributed by atoms with Crippen LogP contribution >= 0.6 is 0 Å². The molecule has 0 aromatic heterocycles. The number of hydrogen-bond acceptors (Lipinski definition) is 2. The molecule has 2 aromatic carbocycles. The zero-order valence-electron chi connectivity index (χ0n) is 13.7. The third-order valence-electron chi connectivity index (χ3n) is 3.40. The zero-order chi connectivity index (χ0) is 17.2. The molecule has 24 heavy (non-hydrogen) atoms. The number of carbonyl (C=O) groups excluding carboxylic acids is 2. The van der Waals surface area contributed by atoms with Crippen molar-refractivity contribution in [1.82, 2.24) is 5.32 Å². The van der Waals surface area contributed by atoms with E-state index in [2.05, 4.69) is 22.8 Å². The van der Waals surface area contributed by atoms with Gasteiger partial charge >= 0.3 is 149 Å². The summed E-state index contributed by atoms with van der Waals surface area (Å²) in [5, 5.41) is 7.60. The number of benzene rings is 2. The molecule has 1 atom stereocenters. The van der Waals surface area contributed by atoms with Gasteiger partial charge in [-0.05, 0) is 0 Å². The van der Waals surface area contributed by atoms with Gasteiger partial charge in [-0.15, -0.1) is 0 Å².